The van der Waals surface area contributed by atoms with E-state index < -0.39 is 17.5 Å². The first-order valence-electron chi connectivity index (χ1n) is 8.69. The highest BCUT2D eigenvalue weighted by Gasteiger charge is 2.19. The number of benzene rings is 2. The topological polar surface area (TPSA) is 66.9 Å². The molecule has 0 radical (unpaired) electrons. The summed E-state index contributed by atoms with van der Waals surface area (Å²) < 4.78 is 27.4. The zero-order valence-corrected chi connectivity index (χ0v) is 15.8. The molecule has 0 atom stereocenters. The summed E-state index contributed by atoms with van der Waals surface area (Å²) in [5.74, 6) is -1.80. The van der Waals surface area contributed by atoms with Crippen LogP contribution < -0.4 is 10.6 Å². The average Bonchev–Trinajstić information content (AvgIpc) is 2.65. The van der Waals surface area contributed by atoms with E-state index in [1.165, 1.54) is 18.5 Å². The zero-order chi connectivity index (χ0) is 20.3. The Kier molecular flexibility index (Phi) is 5.35. The van der Waals surface area contributed by atoms with E-state index in [4.69, 9.17) is 0 Å². The quantitative estimate of drug-likeness (QED) is 0.663. The molecule has 2 aromatic carbocycles. The Balaban J connectivity index is 1.77. The van der Waals surface area contributed by atoms with Gasteiger partial charge >= 0.3 is 0 Å². The fourth-order valence-electron chi connectivity index (χ4n) is 2.69. The minimum atomic E-state index is -0.748. The number of hydrogen-bond donors (Lipinski definition) is 2. The summed E-state index contributed by atoms with van der Waals surface area (Å²) in [6, 6.07) is 11.1. The zero-order valence-electron chi connectivity index (χ0n) is 15.8. The van der Waals surface area contributed by atoms with E-state index in [0.29, 0.717) is 5.69 Å². The molecule has 0 bridgehead atoms. The van der Waals surface area contributed by atoms with E-state index in [0.717, 1.165) is 17.7 Å². The first-order valence-corrected chi connectivity index (χ1v) is 8.69. The molecule has 0 aliphatic carbocycles. The highest BCUT2D eigenvalue weighted by molar-refractivity contribution is 6.03. The van der Waals surface area contributed by atoms with Crippen molar-refractivity contribution < 1.29 is 13.6 Å². The van der Waals surface area contributed by atoms with Crippen LogP contribution in [-0.4, -0.2) is 15.9 Å². The van der Waals surface area contributed by atoms with Crippen LogP contribution in [0, 0.1) is 11.6 Å². The van der Waals surface area contributed by atoms with Gasteiger partial charge in [0.2, 0.25) is 0 Å². The number of halogens is 2. The third kappa shape index (κ3) is 4.31. The van der Waals surface area contributed by atoms with Crippen LogP contribution in [0.3, 0.4) is 0 Å². The number of hydrogen-bond acceptors (Lipinski definition) is 4. The lowest BCUT2D eigenvalue weighted by Crippen LogP contribution is -2.19. The normalized spacial score (nSPS) is 11.2. The van der Waals surface area contributed by atoms with Crippen molar-refractivity contribution in [3.8, 4) is 0 Å². The summed E-state index contributed by atoms with van der Waals surface area (Å²) in [7, 11) is 0. The van der Waals surface area contributed by atoms with Crippen molar-refractivity contribution in [1.82, 2.24) is 9.97 Å². The number of carbonyl (C=O) groups excluding carboxylic acids is 1. The Labute approximate surface area is 161 Å². The summed E-state index contributed by atoms with van der Waals surface area (Å²) in [6.45, 7) is 6.17. The summed E-state index contributed by atoms with van der Waals surface area (Å²) in [5, 5.41) is 5.37. The smallest absolute Gasteiger partial charge is 0.275 e. The number of amides is 1. The van der Waals surface area contributed by atoms with Crippen LogP contribution in [-0.2, 0) is 5.41 Å². The molecular formula is C21H20F2N4O. The van der Waals surface area contributed by atoms with Crippen LogP contribution in [0.2, 0.25) is 0 Å². The predicted octanol–water partition coefficient (Wildman–Crippen LogP) is 5.05. The van der Waals surface area contributed by atoms with Gasteiger partial charge in [0.05, 0.1) is 12.4 Å². The summed E-state index contributed by atoms with van der Waals surface area (Å²) >= 11 is 0. The van der Waals surface area contributed by atoms with Gasteiger partial charge in [0, 0.05) is 5.69 Å². The van der Waals surface area contributed by atoms with Crippen molar-refractivity contribution in [2.24, 2.45) is 0 Å². The Hall–Kier alpha value is -3.35. The number of nitrogens with one attached hydrogen (secondary N) is 2. The highest BCUT2D eigenvalue weighted by atomic mass is 19.1. The van der Waals surface area contributed by atoms with E-state index in [1.807, 2.05) is 24.3 Å². The largest absolute Gasteiger partial charge is 0.334 e. The number of carbonyl (C=O) groups is 1. The van der Waals surface area contributed by atoms with Crippen LogP contribution in [0.4, 0.5) is 26.0 Å². The molecule has 0 spiro atoms. The van der Waals surface area contributed by atoms with Crippen molar-refractivity contribution in [1.29, 1.82) is 0 Å². The summed E-state index contributed by atoms with van der Waals surface area (Å²) in [4.78, 5) is 20.6. The van der Waals surface area contributed by atoms with Gasteiger partial charge in [-0.15, -0.1) is 0 Å². The van der Waals surface area contributed by atoms with E-state index in [-0.39, 0.29) is 22.6 Å². The second-order valence-electron chi connectivity index (χ2n) is 7.26. The molecular weight excluding hydrogens is 362 g/mol. The van der Waals surface area contributed by atoms with Gasteiger partial charge < -0.3 is 10.6 Å². The SMILES string of the molecule is CC(C)(C)c1ccccc1NC(=O)c1cnc(Nc2c(F)cccc2F)cn1. The van der Waals surface area contributed by atoms with Crippen molar-refractivity contribution >= 4 is 23.1 Å². The first-order chi connectivity index (χ1) is 13.3. The third-order valence-corrected chi connectivity index (χ3v) is 4.08. The molecule has 2 N–H and O–H groups in total. The third-order valence-electron chi connectivity index (χ3n) is 4.08. The van der Waals surface area contributed by atoms with Crippen molar-refractivity contribution in [3.05, 3.63) is 77.8 Å². The van der Waals surface area contributed by atoms with Gasteiger partial charge in [-0.25, -0.2) is 18.7 Å². The van der Waals surface area contributed by atoms with Crippen LogP contribution in [0.1, 0.15) is 36.8 Å². The fourth-order valence-corrected chi connectivity index (χ4v) is 2.69. The molecule has 0 aliphatic rings. The number of nitrogens with zero attached hydrogens (tertiary/aromatic N) is 2. The maximum absolute atomic E-state index is 13.7. The molecule has 3 rings (SSSR count). The molecule has 1 heterocycles. The highest BCUT2D eigenvalue weighted by Crippen LogP contribution is 2.29. The van der Waals surface area contributed by atoms with Crippen molar-refractivity contribution in [3.63, 3.8) is 0 Å². The standard InChI is InChI=1S/C21H20F2N4O/c1-21(2,3)13-7-4-5-10-16(13)26-20(28)17-11-25-18(12-24-17)27-19-14(22)8-6-9-15(19)23/h4-12H,1-3H3,(H,25,27)(H,26,28). The number of aromatic nitrogens is 2. The minimum Gasteiger partial charge on any atom is -0.334 e. The molecule has 0 unspecified atom stereocenters. The van der Waals surface area contributed by atoms with E-state index >= 15 is 0 Å². The fraction of sp³-hybridized carbons (Fsp3) is 0.190. The molecule has 0 saturated heterocycles. The minimum absolute atomic E-state index is 0.0864. The molecule has 1 aromatic heterocycles. The molecule has 5 nitrogen and oxygen atoms in total. The lowest BCUT2D eigenvalue weighted by Gasteiger charge is -2.22. The maximum atomic E-state index is 13.7. The molecule has 144 valence electrons. The van der Waals surface area contributed by atoms with Gasteiger partial charge in [0.15, 0.2) is 0 Å². The molecule has 3 aromatic rings. The van der Waals surface area contributed by atoms with Gasteiger partial charge in [-0.3, -0.25) is 4.79 Å². The molecule has 0 aliphatic heterocycles. The van der Waals surface area contributed by atoms with E-state index in [1.54, 1.807) is 0 Å². The number of anilines is 3. The van der Waals surface area contributed by atoms with Gasteiger partial charge in [0.25, 0.3) is 5.91 Å². The lowest BCUT2D eigenvalue weighted by atomic mass is 9.86. The van der Waals surface area contributed by atoms with Gasteiger partial charge in [0.1, 0.15) is 28.8 Å². The van der Waals surface area contributed by atoms with Gasteiger partial charge in [-0.05, 0) is 29.2 Å². The van der Waals surface area contributed by atoms with Crippen LogP contribution in [0.25, 0.3) is 0 Å². The summed E-state index contributed by atoms with van der Waals surface area (Å²) in [5.41, 5.74) is 1.30. The van der Waals surface area contributed by atoms with Gasteiger partial charge in [-0.1, -0.05) is 45.0 Å². The van der Waals surface area contributed by atoms with Crippen LogP contribution in [0.15, 0.2) is 54.9 Å². The number of rotatable bonds is 4. The molecule has 1 amide bonds. The molecule has 7 heteroatoms. The van der Waals surface area contributed by atoms with E-state index in [9.17, 15) is 13.6 Å². The lowest BCUT2D eigenvalue weighted by molar-refractivity contribution is 0.102. The second kappa shape index (κ2) is 7.72. The molecule has 28 heavy (non-hydrogen) atoms. The predicted molar refractivity (Wildman–Crippen MR) is 105 cm³/mol. The Morgan fingerprint density at radius 2 is 1.61 bits per heavy atom. The Bertz CT molecular complexity index is 978. The Morgan fingerprint density at radius 3 is 2.21 bits per heavy atom. The summed E-state index contributed by atoms with van der Waals surface area (Å²) in [6.07, 6.45) is 2.49. The maximum Gasteiger partial charge on any atom is 0.275 e. The van der Waals surface area contributed by atoms with Crippen LogP contribution in [0.5, 0.6) is 0 Å². The van der Waals surface area contributed by atoms with Crippen molar-refractivity contribution in [2.75, 3.05) is 10.6 Å². The molecule has 0 saturated carbocycles. The van der Waals surface area contributed by atoms with Crippen LogP contribution >= 0.6 is 0 Å². The Morgan fingerprint density at radius 1 is 0.929 bits per heavy atom. The van der Waals surface area contributed by atoms with Gasteiger partial charge in [-0.2, -0.15) is 0 Å². The van der Waals surface area contributed by atoms with Crippen molar-refractivity contribution in [2.45, 2.75) is 26.2 Å². The molecule has 0 fully saturated rings. The number of para-hydroxylation sites is 2. The monoisotopic (exact) mass is 382 g/mol. The second-order valence-corrected chi connectivity index (χ2v) is 7.26. The average molecular weight is 382 g/mol. The van der Waals surface area contributed by atoms with E-state index in [2.05, 4.69) is 41.4 Å². The first kappa shape index (κ1) is 19.4.